The van der Waals surface area contributed by atoms with Gasteiger partial charge in [-0.15, -0.1) is 11.3 Å². The third-order valence-electron chi connectivity index (χ3n) is 4.29. The molecule has 0 aliphatic heterocycles. The van der Waals surface area contributed by atoms with E-state index in [9.17, 15) is 9.18 Å². The molecule has 0 saturated carbocycles. The summed E-state index contributed by atoms with van der Waals surface area (Å²) in [5.41, 5.74) is 2.60. The number of halogens is 1. The SMILES string of the molecule is COc1ccc(-n2ccc(C(=O)Nc3nc(-c4ccc(F)cc4)c(C)s3)n2)cc1. The maximum Gasteiger partial charge on any atom is 0.277 e. The predicted molar refractivity (Wildman–Crippen MR) is 110 cm³/mol. The van der Waals surface area contributed by atoms with E-state index in [4.69, 9.17) is 4.74 Å². The lowest BCUT2D eigenvalue weighted by molar-refractivity contribution is 0.102. The molecular weight excluding hydrogens is 391 g/mol. The first-order valence-corrected chi connectivity index (χ1v) is 9.60. The molecule has 0 unspecified atom stereocenters. The largest absolute Gasteiger partial charge is 0.497 e. The van der Waals surface area contributed by atoms with Crippen molar-refractivity contribution in [2.45, 2.75) is 6.92 Å². The van der Waals surface area contributed by atoms with E-state index in [2.05, 4.69) is 15.4 Å². The van der Waals surface area contributed by atoms with Crippen LogP contribution in [0.2, 0.25) is 0 Å². The third-order valence-corrected chi connectivity index (χ3v) is 5.18. The lowest BCUT2D eigenvalue weighted by Crippen LogP contribution is -2.13. The van der Waals surface area contributed by atoms with Crippen LogP contribution < -0.4 is 10.1 Å². The molecular formula is C21H17FN4O2S. The van der Waals surface area contributed by atoms with Gasteiger partial charge in [0.05, 0.1) is 18.5 Å². The fourth-order valence-corrected chi connectivity index (χ4v) is 3.64. The molecule has 29 heavy (non-hydrogen) atoms. The van der Waals surface area contributed by atoms with Crippen LogP contribution in [0.5, 0.6) is 5.75 Å². The van der Waals surface area contributed by atoms with Crippen molar-refractivity contribution in [1.29, 1.82) is 0 Å². The van der Waals surface area contributed by atoms with Crippen molar-refractivity contribution in [2.75, 3.05) is 12.4 Å². The predicted octanol–water partition coefficient (Wildman–Crippen LogP) is 4.70. The second kappa shape index (κ2) is 7.84. The first-order chi connectivity index (χ1) is 14.0. The van der Waals surface area contributed by atoms with Crippen LogP contribution in [0, 0.1) is 12.7 Å². The van der Waals surface area contributed by atoms with Gasteiger partial charge in [0.25, 0.3) is 5.91 Å². The highest BCUT2D eigenvalue weighted by molar-refractivity contribution is 7.16. The standard InChI is InChI=1S/C21H17FN4O2S/c1-13-19(14-3-5-15(22)6-4-14)23-21(29-13)24-20(27)18-11-12-26(25-18)16-7-9-17(28-2)10-8-16/h3-12H,1-2H3,(H,23,24,27). The maximum absolute atomic E-state index is 13.1. The van der Waals surface area contributed by atoms with Crippen LogP contribution in [0.4, 0.5) is 9.52 Å². The number of methoxy groups -OCH3 is 1. The molecule has 2 aromatic heterocycles. The molecule has 146 valence electrons. The van der Waals surface area contributed by atoms with Gasteiger partial charge in [-0.05, 0) is 61.5 Å². The lowest BCUT2D eigenvalue weighted by Gasteiger charge is -2.03. The van der Waals surface area contributed by atoms with Gasteiger partial charge in [0, 0.05) is 16.6 Å². The van der Waals surface area contributed by atoms with Crippen molar-refractivity contribution in [3.63, 3.8) is 0 Å². The molecule has 2 heterocycles. The highest BCUT2D eigenvalue weighted by Crippen LogP contribution is 2.30. The Morgan fingerprint density at radius 3 is 2.52 bits per heavy atom. The fourth-order valence-electron chi connectivity index (χ4n) is 2.81. The second-order valence-electron chi connectivity index (χ2n) is 6.23. The molecule has 0 fully saturated rings. The van der Waals surface area contributed by atoms with Gasteiger partial charge in [-0.1, -0.05) is 0 Å². The number of ether oxygens (including phenoxy) is 1. The van der Waals surface area contributed by atoms with Gasteiger partial charge in [-0.3, -0.25) is 10.1 Å². The summed E-state index contributed by atoms with van der Waals surface area (Å²) in [5.74, 6) is 0.0919. The van der Waals surface area contributed by atoms with E-state index in [1.807, 2.05) is 31.2 Å². The third kappa shape index (κ3) is 4.02. The van der Waals surface area contributed by atoms with Gasteiger partial charge in [0.1, 0.15) is 11.6 Å². The minimum Gasteiger partial charge on any atom is -0.497 e. The molecule has 0 aliphatic rings. The van der Waals surface area contributed by atoms with Gasteiger partial charge in [0.15, 0.2) is 10.8 Å². The average molecular weight is 408 g/mol. The Labute approximate surface area is 170 Å². The fraction of sp³-hybridized carbons (Fsp3) is 0.0952. The van der Waals surface area contributed by atoms with Crippen LogP contribution >= 0.6 is 11.3 Å². The van der Waals surface area contributed by atoms with Crippen molar-refractivity contribution < 1.29 is 13.9 Å². The maximum atomic E-state index is 13.1. The minimum absolute atomic E-state index is 0.275. The van der Waals surface area contributed by atoms with E-state index < -0.39 is 0 Å². The van der Waals surface area contributed by atoms with Crippen molar-refractivity contribution in [3.8, 4) is 22.7 Å². The summed E-state index contributed by atoms with van der Waals surface area (Å²) in [6.45, 7) is 1.91. The average Bonchev–Trinajstić information content (AvgIpc) is 3.36. The van der Waals surface area contributed by atoms with Crippen LogP contribution in [0.25, 0.3) is 16.9 Å². The van der Waals surface area contributed by atoms with Crippen molar-refractivity contribution >= 4 is 22.4 Å². The van der Waals surface area contributed by atoms with E-state index >= 15 is 0 Å². The van der Waals surface area contributed by atoms with Crippen LogP contribution in [-0.2, 0) is 0 Å². The van der Waals surface area contributed by atoms with Gasteiger partial charge in [-0.2, -0.15) is 5.10 Å². The molecule has 6 nitrogen and oxygen atoms in total. The molecule has 0 atom stereocenters. The second-order valence-corrected chi connectivity index (χ2v) is 7.43. The van der Waals surface area contributed by atoms with Crippen molar-refractivity contribution in [2.24, 2.45) is 0 Å². The molecule has 4 aromatic rings. The van der Waals surface area contributed by atoms with Crippen LogP contribution in [0.3, 0.4) is 0 Å². The lowest BCUT2D eigenvalue weighted by atomic mass is 10.1. The van der Waals surface area contributed by atoms with E-state index in [1.54, 1.807) is 36.2 Å². The number of aryl methyl sites for hydroxylation is 1. The van der Waals surface area contributed by atoms with E-state index in [0.29, 0.717) is 10.8 Å². The molecule has 0 saturated heterocycles. The number of rotatable bonds is 5. The highest BCUT2D eigenvalue weighted by atomic mass is 32.1. The number of carbonyl (C=O) groups is 1. The molecule has 1 amide bonds. The quantitative estimate of drug-likeness (QED) is 0.520. The number of aromatic nitrogens is 3. The number of amides is 1. The van der Waals surface area contributed by atoms with Crippen molar-refractivity contribution in [1.82, 2.24) is 14.8 Å². The number of nitrogens with zero attached hydrogens (tertiary/aromatic N) is 3. The summed E-state index contributed by atoms with van der Waals surface area (Å²) in [5, 5.41) is 7.57. The zero-order valence-corrected chi connectivity index (χ0v) is 16.5. The number of hydrogen-bond acceptors (Lipinski definition) is 5. The molecule has 0 radical (unpaired) electrons. The zero-order chi connectivity index (χ0) is 20.4. The number of nitrogens with one attached hydrogen (secondary N) is 1. The van der Waals surface area contributed by atoms with Gasteiger partial charge < -0.3 is 4.74 Å². The number of hydrogen-bond donors (Lipinski definition) is 1. The molecule has 0 aliphatic carbocycles. The van der Waals surface area contributed by atoms with E-state index in [1.165, 1.54) is 23.5 Å². The first-order valence-electron chi connectivity index (χ1n) is 8.78. The zero-order valence-electron chi connectivity index (χ0n) is 15.7. The number of anilines is 1. The number of benzene rings is 2. The number of carbonyl (C=O) groups excluding carboxylic acids is 1. The normalized spacial score (nSPS) is 10.7. The summed E-state index contributed by atoms with van der Waals surface area (Å²) in [7, 11) is 1.60. The van der Waals surface area contributed by atoms with Crippen LogP contribution in [-0.4, -0.2) is 27.8 Å². The summed E-state index contributed by atoms with van der Waals surface area (Å²) in [6.07, 6.45) is 1.72. The summed E-state index contributed by atoms with van der Waals surface area (Å²) < 4.78 is 19.9. The molecule has 0 bridgehead atoms. The molecule has 8 heteroatoms. The Hall–Kier alpha value is -3.52. The summed E-state index contributed by atoms with van der Waals surface area (Å²) >= 11 is 1.36. The van der Waals surface area contributed by atoms with E-state index in [0.717, 1.165) is 21.9 Å². The smallest absolute Gasteiger partial charge is 0.277 e. The molecule has 0 spiro atoms. The summed E-state index contributed by atoms with van der Waals surface area (Å²) in [6, 6.07) is 15.1. The highest BCUT2D eigenvalue weighted by Gasteiger charge is 2.15. The van der Waals surface area contributed by atoms with Gasteiger partial charge in [0.2, 0.25) is 0 Å². The van der Waals surface area contributed by atoms with Gasteiger partial charge >= 0.3 is 0 Å². The number of thiazole rings is 1. The van der Waals surface area contributed by atoms with Crippen molar-refractivity contribution in [3.05, 3.63) is 77.2 Å². The van der Waals surface area contributed by atoms with Crippen LogP contribution in [0.15, 0.2) is 60.8 Å². The molecule has 4 rings (SSSR count). The molecule has 2 aromatic carbocycles. The Bertz CT molecular complexity index is 1150. The Kier molecular flexibility index (Phi) is 5.09. The van der Waals surface area contributed by atoms with Gasteiger partial charge in [-0.25, -0.2) is 14.1 Å². The topological polar surface area (TPSA) is 69.0 Å². The monoisotopic (exact) mass is 408 g/mol. The Balaban J connectivity index is 1.50. The van der Waals surface area contributed by atoms with E-state index in [-0.39, 0.29) is 17.4 Å². The Morgan fingerprint density at radius 2 is 1.83 bits per heavy atom. The molecule has 1 N–H and O–H groups in total. The minimum atomic E-state index is -0.350. The van der Waals surface area contributed by atoms with Crippen LogP contribution in [0.1, 0.15) is 15.4 Å². The Morgan fingerprint density at radius 1 is 1.10 bits per heavy atom. The first kappa shape index (κ1) is 18.8. The summed E-state index contributed by atoms with van der Waals surface area (Å²) in [4.78, 5) is 18.0.